The van der Waals surface area contributed by atoms with Gasteiger partial charge in [-0.3, -0.25) is 14.8 Å². The van der Waals surface area contributed by atoms with Gasteiger partial charge < -0.3 is 20.3 Å². The first kappa shape index (κ1) is 36.5. The SMILES string of the molecule is C=CC(=N/C=C\C)C(c1ccc(Cl)cc1C(=C)C(/C=C/NC=NC)NC(=O)CCCC)C1CCN(C(=O)OC(C)(C)C)CC1. The van der Waals surface area contributed by atoms with E-state index in [2.05, 4.69) is 35.7 Å². The van der Waals surface area contributed by atoms with Gasteiger partial charge in [0.05, 0.1) is 12.4 Å². The maximum Gasteiger partial charge on any atom is 0.410 e. The van der Waals surface area contributed by atoms with E-state index in [0.29, 0.717) is 30.1 Å². The molecule has 0 radical (unpaired) electrons. The summed E-state index contributed by atoms with van der Waals surface area (Å²) >= 11 is 6.58. The molecule has 9 heteroatoms. The van der Waals surface area contributed by atoms with Crippen LogP contribution in [0.4, 0.5) is 4.79 Å². The van der Waals surface area contributed by atoms with Crippen LogP contribution in [-0.2, 0) is 9.53 Å². The third-order valence-corrected chi connectivity index (χ3v) is 7.53. The van der Waals surface area contributed by atoms with Crippen molar-refractivity contribution < 1.29 is 14.3 Å². The average molecular weight is 624 g/mol. The summed E-state index contributed by atoms with van der Waals surface area (Å²) in [5, 5.41) is 6.69. The Kier molecular flexibility index (Phi) is 15.1. The fraction of sp³-hybridized carbons (Fsp3) is 0.486. The van der Waals surface area contributed by atoms with Crippen LogP contribution in [0.15, 0.2) is 72.0 Å². The van der Waals surface area contributed by atoms with E-state index < -0.39 is 11.6 Å². The van der Waals surface area contributed by atoms with E-state index in [-0.39, 0.29) is 23.8 Å². The number of carbonyl (C=O) groups is 2. The maximum absolute atomic E-state index is 12.9. The lowest BCUT2D eigenvalue weighted by Gasteiger charge is -2.38. The Hall–Kier alpha value is -3.65. The molecule has 44 heavy (non-hydrogen) atoms. The summed E-state index contributed by atoms with van der Waals surface area (Å²) < 4.78 is 5.63. The van der Waals surface area contributed by atoms with Crippen LogP contribution in [0.3, 0.4) is 0 Å². The second-order valence-electron chi connectivity index (χ2n) is 11.8. The molecule has 2 rings (SSSR count). The van der Waals surface area contributed by atoms with Crippen LogP contribution < -0.4 is 10.6 Å². The van der Waals surface area contributed by atoms with E-state index >= 15 is 0 Å². The van der Waals surface area contributed by atoms with Gasteiger partial charge in [0.15, 0.2) is 0 Å². The minimum absolute atomic E-state index is 0.0529. The van der Waals surface area contributed by atoms with Crippen LogP contribution in [0.5, 0.6) is 0 Å². The van der Waals surface area contributed by atoms with Gasteiger partial charge in [0, 0.05) is 55.6 Å². The molecule has 0 spiro atoms. The van der Waals surface area contributed by atoms with E-state index in [9.17, 15) is 9.59 Å². The van der Waals surface area contributed by atoms with Crippen molar-refractivity contribution in [2.45, 2.75) is 84.3 Å². The van der Waals surface area contributed by atoms with E-state index in [1.807, 2.05) is 58.0 Å². The number of rotatable bonds is 14. The number of hydrogen-bond acceptors (Lipinski definition) is 5. The summed E-state index contributed by atoms with van der Waals surface area (Å²) in [5.74, 6) is -0.0545. The first-order valence-electron chi connectivity index (χ1n) is 15.4. The van der Waals surface area contributed by atoms with E-state index in [1.165, 1.54) is 0 Å². The molecule has 1 aliphatic heterocycles. The molecule has 1 saturated heterocycles. The van der Waals surface area contributed by atoms with Crippen molar-refractivity contribution in [2.75, 3.05) is 20.1 Å². The van der Waals surface area contributed by atoms with Gasteiger partial charge in [-0.2, -0.15) is 0 Å². The summed E-state index contributed by atoms with van der Waals surface area (Å²) in [5.41, 5.74) is 2.78. The van der Waals surface area contributed by atoms with E-state index in [1.54, 1.807) is 36.8 Å². The number of benzene rings is 1. The Labute approximate surface area is 269 Å². The molecule has 8 nitrogen and oxygen atoms in total. The summed E-state index contributed by atoms with van der Waals surface area (Å²) in [4.78, 5) is 36.2. The summed E-state index contributed by atoms with van der Waals surface area (Å²) in [7, 11) is 1.67. The van der Waals surface area contributed by atoms with Gasteiger partial charge in [0.25, 0.3) is 0 Å². The zero-order chi connectivity index (χ0) is 32.7. The van der Waals surface area contributed by atoms with Crippen molar-refractivity contribution >= 4 is 41.2 Å². The highest BCUT2D eigenvalue weighted by atomic mass is 35.5. The fourth-order valence-electron chi connectivity index (χ4n) is 5.17. The van der Waals surface area contributed by atoms with E-state index in [4.69, 9.17) is 21.3 Å². The molecule has 1 heterocycles. The van der Waals surface area contributed by atoms with Crippen molar-refractivity contribution in [3.05, 3.63) is 78.1 Å². The Balaban J connectivity index is 2.56. The first-order chi connectivity index (χ1) is 20.9. The molecule has 2 atom stereocenters. The van der Waals surface area contributed by atoms with Crippen molar-refractivity contribution in [3.8, 4) is 0 Å². The van der Waals surface area contributed by atoms with Crippen molar-refractivity contribution in [1.29, 1.82) is 0 Å². The summed E-state index contributed by atoms with van der Waals surface area (Å²) in [6, 6.07) is 5.29. The first-order valence-corrected chi connectivity index (χ1v) is 15.7. The Morgan fingerprint density at radius 2 is 1.95 bits per heavy atom. The predicted octanol–water partition coefficient (Wildman–Crippen LogP) is 7.68. The van der Waals surface area contributed by atoms with E-state index in [0.717, 1.165) is 42.5 Å². The van der Waals surface area contributed by atoms with Crippen molar-refractivity contribution in [3.63, 3.8) is 0 Å². The number of piperidine rings is 1. The van der Waals surface area contributed by atoms with Crippen LogP contribution in [0.1, 0.15) is 83.8 Å². The number of hydrogen-bond donors (Lipinski definition) is 2. The second kappa shape index (κ2) is 18.2. The highest BCUT2D eigenvalue weighted by Crippen LogP contribution is 2.40. The molecule has 0 bridgehead atoms. The maximum atomic E-state index is 12.9. The van der Waals surface area contributed by atoms with Gasteiger partial charge in [0.2, 0.25) is 5.91 Å². The molecular formula is C35H50ClN5O3. The molecule has 240 valence electrons. The van der Waals surface area contributed by atoms with Crippen LogP contribution >= 0.6 is 11.6 Å². The van der Waals surface area contributed by atoms with Crippen molar-refractivity contribution in [1.82, 2.24) is 15.5 Å². The molecule has 1 fully saturated rings. The van der Waals surface area contributed by atoms with Crippen LogP contribution in [0.25, 0.3) is 5.57 Å². The number of nitrogens with zero attached hydrogens (tertiary/aromatic N) is 3. The standard InChI is InChI=1S/C35H50ClN5O3/c1-9-12-13-32(42)40-31(16-20-38-24-37-8)25(4)29-23-27(36)14-15-28(29)33(30(11-3)39-19-10-2)26-17-21-41(22-18-26)34(43)44-35(5,6)7/h10-11,14-16,19-20,23-24,26,31,33H,3-4,9,12-13,17-18,21-22H2,1-2,5-8H3,(H,37,38)(H,40,42)/b19-10-,20-16+,39-30?. The van der Waals surface area contributed by atoms with Crippen molar-refractivity contribution in [2.24, 2.45) is 15.9 Å². The molecule has 0 aliphatic carbocycles. The van der Waals surface area contributed by atoms with Gasteiger partial charge in [-0.25, -0.2) is 4.79 Å². The predicted molar refractivity (Wildman–Crippen MR) is 184 cm³/mol. The molecule has 2 unspecified atom stereocenters. The number of carbonyl (C=O) groups excluding carboxylic acids is 2. The minimum Gasteiger partial charge on any atom is -0.444 e. The third-order valence-electron chi connectivity index (χ3n) is 7.30. The topological polar surface area (TPSA) is 95.4 Å². The van der Waals surface area contributed by atoms with Gasteiger partial charge >= 0.3 is 6.09 Å². The van der Waals surface area contributed by atoms with Gasteiger partial charge in [0.1, 0.15) is 5.60 Å². The summed E-state index contributed by atoms with van der Waals surface area (Å²) in [6.07, 6.45) is 13.9. The van der Waals surface area contributed by atoms with Crippen LogP contribution in [0.2, 0.25) is 5.02 Å². The third kappa shape index (κ3) is 11.5. The van der Waals surface area contributed by atoms with Gasteiger partial charge in [-0.15, -0.1) is 0 Å². The number of amides is 2. The number of likely N-dealkylation sites (tertiary alicyclic amines) is 1. The van der Waals surface area contributed by atoms with Gasteiger partial charge in [-0.1, -0.05) is 50.2 Å². The number of allylic oxidation sites excluding steroid dienone is 2. The lowest BCUT2D eigenvalue weighted by molar-refractivity contribution is -0.121. The molecule has 0 saturated carbocycles. The smallest absolute Gasteiger partial charge is 0.410 e. The zero-order valence-corrected chi connectivity index (χ0v) is 28.0. The Bertz CT molecular complexity index is 1250. The molecule has 2 amide bonds. The quantitative estimate of drug-likeness (QED) is 0.164. The molecule has 2 N–H and O–H groups in total. The number of aliphatic imine (C=N–C) groups is 2. The molecule has 1 aromatic rings. The Morgan fingerprint density at radius 3 is 2.55 bits per heavy atom. The highest BCUT2D eigenvalue weighted by Gasteiger charge is 2.35. The fourth-order valence-corrected chi connectivity index (χ4v) is 5.34. The Morgan fingerprint density at radius 1 is 1.25 bits per heavy atom. The molecule has 1 aromatic carbocycles. The number of ether oxygens (including phenoxy) is 1. The zero-order valence-electron chi connectivity index (χ0n) is 27.2. The van der Waals surface area contributed by atoms with Gasteiger partial charge in [-0.05, 0) is 93.9 Å². The lowest BCUT2D eigenvalue weighted by Crippen LogP contribution is -2.43. The number of nitrogens with one attached hydrogen (secondary N) is 2. The summed E-state index contributed by atoms with van der Waals surface area (Å²) in [6.45, 7) is 19.3. The number of halogens is 1. The normalized spacial score (nSPS) is 16.3. The molecule has 1 aliphatic rings. The van der Waals surface area contributed by atoms with Crippen LogP contribution in [-0.4, -0.2) is 60.7 Å². The second-order valence-corrected chi connectivity index (χ2v) is 12.3. The highest BCUT2D eigenvalue weighted by molar-refractivity contribution is 6.30. The number of unbranched alkanes of at least 4 members (excludes halogenated alkanes) is 1. The molecular weight excluding hydrogens is 574 g/mol. The largest absolute Gasteiger partial charge is 0.444 e. The van der Waals surface area contributed by atoms with Crippen LogP contribution in [0, 0.1) is 5.92 Å². The monoisotopic (exact) mass is 623 g/mol. The molecule has 0 aromatic heterocycles. The lowest BCUT2D eigenvalue weighted by atomic mass is 9.74. The minimum atomic E-state index is -0.556. The average Bonchev–Trinajstić information content (AvgIpc) is 2.99.